The molecule has 1 atom stereocenters. The van der Waals surface area contributed by atoms with Gasteiger partial charge in [0.05, 0.1) is 27.8 Å². The number of rotatable bonds is 6. The van der Waals surface area contributed by atoms with Crippen molar-refractivity contribution in [2.24, 2.45) is 0 Å². The van der Waals surface area contributed by atoms with Crippen LogP contribution in [0.15, 0.2) is 18.2 Å². The molecule has 1 aromatic carbocycles. The first-order valence-electron chi connectivity index (χ1n) is 6.09. The first-order chi connectivity index (χ1) is 9.86. The highest BCUT2D eigenvalue weighted by Gasteiger charge is 2.40. The zero-order valence-electron chi connectivity index (χ0n) is 12.1. The van der Waals surface area contributed by atoms with Crippen molar-refractivity contribution in [3.05, 3.63) is 23.8 Å². The number of hydrogen-bond acceptors (Lipinski definition) is 7. The number of methoxy groups -OCH3 is 3. The van der Waals surface area contributed by atoms with Gasteiger partial charge in [0.1, 0.15) is 0 Å². The van der Waals surface area contributed by atoms with E-state index < -0.39 is 24.0 Å². The van der Waals surface area contributed by atoms with Crippen molar-refractivity contribution in [2.45, 2.75) is 18.4 Å². The molecule has 0 aliphatic carbocycles. The summed E-state index contributed by atoms with van der Waals surface area (Å²) in [6.07, 6.45) is -0.731. The van der Waals surface area contributed by atoms with Gasteiger partial charge in [-0.1, -0.05) is 6.07 Å². The van der Waals surface area contributed by atoms with Crippen molar-refractivity contribution in [1.82, 2.24) is 0 Å². The molecule has 0 fully saturated rings. The average molecular weight is 298 g/mol. The van der Waals surface area contributed by atoms with Crippen LogP contribution >= 0.6 is 0 Å². The van der Waals surface area contributed by atoms with Crippen LogP contribution in [-0.2, 0) is 25.5 Å². The Morgan fingerprint density at radius 1 is 1.19 bits per heavy atom. The lowest BCUT2D eigenvalue weighted by atomic mass is 9.91. The molecule has 0 amide bonds. The number of phenolic OH excluding ortho intramolecular Hbond substituents is 1. The van der Waals surface area contributed by atoms with Crippen molar-refractivity contribution in [3.8, 4) is 11.5 Å². The predicted octanol–water partition coefficient (Wildman–Crippen LogP) is 0.410. The molecular weight excluding hydrogens is 280 g/mol. The summed E-state index contributed by atoms with van der Waals surface area (Å²) in [5.41, 5.74) is -1.56. The Bertz CT molecular complexity index is 526. The molecule has 0 heterocycles. The van der Waals surface area contributed by atoms with Crippen molar-refractivity contribution >= 4 is 11.9 Å². The molecule has 7 heteroatoms. The maximum atomic E-state index is 11.8. The first kappa shape index (κ1) is 16.8. The lowest BCUT2D eigenvalue weighted by molar-refractivity contribution is -0.169. The molecule has 0 radical (unpaired) electrons. The van der Waals surface area contributed by atoms with E-state index in [0.29, 0.717) is 5.56 Å². The summed E-state index contributed by atoms with van der Waals surface area (Å²) in [5.74, 6) is -1.57. The highest BCUT2D eigenvalue weighted by atomic mass is 16.5. The largest absolute Gasteiger partial charge is 0.504 e. The Kier molecular flexibility index (Phi) is 5.54. The van der Waals surface area contributed by atoms with Crippen molar-refractivity contribution in [2.75, 3.05) is 21.3 Å². The minimum Gasteiger partial charge on any atom is -0.504 e. The van der Waals surface area contributed by atoms with Gasteiger partial charge in [-0.15, -0.1) is 0 Å². The summed E-state index contributed by atoms with van der Waals surface area (Å²) in [6.45, 7) is 0. The Morgan fingerprint density at radius 2 is 1.86 bits per heavy atom. The first-order valence-corrected chi connectivity index (χ1v) is 6.09. The van der Waals surface area contributed by atoms with Gasteiger partial charge in [0, 0.05) is 6.42 Å². The summed E-state index contributed by atoms with van der Waals surface area (Å²) in [6, 6.07) is 4.33. The van der Waals surface area contributed by atoms with E-state index in [-0.39, 0.29) is 17.9 Å². The molecule has 7 nitrogen and oxygen atoms in total. The predicted molar refractivity (Wildman–Crippen MR) is 72.0 cm³/mol. The topological polar surface area (TPSA) is 102 Å². The fourth-order valence-corrected chi connectivity index (χ4v) is 1.88. The van der Waals surface area contributed by atoms with Gasteiger partial charge in [0.25, 0.3) is 0 Å². The van der Waals surface area contributed by atoms with Gasteiger partial charge >= 0.3 is 11.9 Å². The van der Waals surface area contributed by atoms with E-state index in [1.54, 1.807) is 0 Å². The second-order valence-electron chi connectivity index (χ2n) is 4.46. The van der Waals surface area contributed by atoms with Crippen LogP contribution in [0, 0.1) is 0 Å². The Balaban J connectivity index is 3.06. The smallest absolute Gasteiger partial charge is 0.338 e. The highest BCUT2D eigenvalue weighted by molar-refractivity contribution is 5.85. The highest BCUT2D eigenvalue weighted by Crippen LogP contribution is 2.29. The fraction of sp³-hybridized carbons (Fsp3) is 0.429. The van der Waals surface area contributed by atoms with Gasteiger partial charge in [0.2, 0.25) is 0 Å². The van der Waals surface area contributed by atoms with Crippen LogP contribution in [0.3, 0.4) is 0 Å². The summed E-state index contributed by atoms with van der Waals surface area (Å²) in [4.78, 5) is 23.1. The zero-order valence-corrected chi connectivity index (χ0v) is 12.1. The maximum absolute atomic E-state index is 11.8. The van der Waals surface area contributed by atoms with Gasteiger partial charge in [0.15, 0.2) is 17.1 Å². The Labute approximate surface area is 122 Å². The van der Waals surface area contributed by atoms with Crippen molar-refractivity contribution in [1.29, 1.82) is 0 Å². The number of carbonyl (C=O) groups is 2. The third kappa shape index (κ3) is 4.09. The lowest BCUT2D eigenvalue weighted by Crippen LogP contribution is -2.44. The molecule has 2 N–H and O–H groups in total. The molecule has 0 spiro atoms. The van der Waals surface area contributed by atoms with E-state index in [2.05, 4.69) is 9.47 Å². The van der Waals surface area contributed by atoms with Crippen LogP contribution in [0.1, 0.15) is 12.0 Å². The van der Waals surface area contributed by atoms with Crippen molar-refractivity contribution in [3.63, 3.8) is 0 Å². The summed E-state index contributed by atoms with van der Waals surface area (Å²) in [5, 5.41) is 19.9. The lowest BCUT2D eigenvalue weighted by Gasteiger charge is -2.24. The molecule has 116 valence electrons. The number of carbonyl (C=O) groups excluding carboxylic acids is 2. The van der Waals surface area contributed by atoms with E-state index in [4.69, 9.17) is 4.74 Å². The van der Waals surface area contributed by atoms with Crippen LogP contribution in [0.2, 0.25) is 0 Å². The number of ether oxygens (including phenoxy) is 3. The molecule has 0 saturated carbocycles. The van der Waals surface area contributed by atoms with Gasteiger partial charge < -0.3 is 24.4 Å². The minimum absolute atomic E-state index is 0.0733. The molecule has 0 bridgehead atoms. The molecule has 1 aromatic rings. The molecule has 0 unspecified atom stereocenters. The van der Waals surface area contributed by atoms with Crippen LogP contribution in [0.4, 0.5) is 0 Å². The second-order valence-corrected chi connectivity index (χ2v) is 4.46. The maximum Gasteiger partial charge on any atom is 0.338 e. The quantitative estimate of drug-likeness (QED) is 0.733. The van der Waals surface area contributed by atoms with E-state index in [1.807, 2.05) is 0 Å². The SMILES string of the molecule is COC(=O)C[C@](O)(Cc1ccc(O)c(OC)c1)C(=O)OC. The van der Waals surface area contributed by atoms with E-state index in [0.717, 1.165) is 14.2 Å². The van der Waals surface area contributed by atoms with Gasteiger partial charge in [-0.25, -0.2) is 4.79 Å². The Morgan fingerprint density at radius 3 is 2.38 bits per heavy atom. The Hall–Kier alpha value is -2.28. The van der Waals surface area contributed by atoms with E-state index in [9.17, 15) is 19.8 Å². The van der Waals surface area contributed by atoms with Crippen molar-refractivity contribution < 1.29 is 34.0 Å². The minimum atomic E-state index is -2.05. The van der Waals surface area contributed by atoms with Crippen LogP contribution in [-0.4, -0.2) is 49.1 Å². The average Bonchev–Trinajstić information content (AvgIpc) is 2.47. The van der Waals surface area contributed by atoms with Crippen LogP contribution in [0.25, 0.3) is 0 Å². The number of hydrogen-bond donors (Lipinski definition) is 2. The molecule has 21 heavy (non-hydrogen) atoms. The van der Waals surface area contributed by atoms with Gasteiger partial charge in [-0.05, 0) is 17.7 Å². The molecule has 0 aromatic heterocycles. The summed E-state index contributed by atoms with van der Waals surface area (Å²) in [7, 11) is 3.64. The van der Waals surface area contributed by atoms with Crippen LogP contribution < -0.4 is 4.74 Å². The standard InChI is InChI=1S/C14H18O7/c1-19-11-6-9(4-5-10(11)15)7-14(18,13(17)21-3)8-12(16)20-2/h4-6,15,18H,7-8H2,1-3H3/t14-/m1/s1. The van der Waals surface area contributed by atoms with E-state index >= 15 is 0 Å². The number of aromatic hydroxyl groups is 1. The normalized spacial score (nSPS) is 13.1. The third-order valence-corrected chi connectivity index (χ3v) is 2.97. The summed E-state index contributed by atoms with van der Waals surface area (Å²) < 4.78 is 14.0. The number of benzene rings is 1. The zero-order chi connectivity index (χ0) is 16.0. The van der Waals surface area contributed by atoms with E-state index in [1.165, 1.54) is 25.3 Å². The molecule has 0 aliphatic rings. The fourth-order valence-electron chi connectivity index (χ4n) is 1.88. The monoisotopic (exact) mass is 298 g/mol. The third-order valence-electron chi connectivity index (χ3n) is 2.97. The number of aliphatic hydroxyl groups is 1. The molecule has 0 aliphatic heterocycles. The summed E-state index contributed by atoms with van der Waals surface area (Å²) >= 11 is 0. The second kappa shape index (κ2) is 6.94. The molecule has 0 saturated heterocycles. The van der Waals surface area contributed by atoms with Crippen LogP contribution in [0.5, 0.6) is 11.5 Å². The number of phenols is 1. The molecule has 1 rings (SSSR count). The van der Waals surface area contributed by atoms with Gasteiger partial charge in [-0.3, -0.25) is 4.79 Å². The van der Waals surface area contributed by atoms with Gasteiger partial charge in [-0.2, -0.15) is 0 Å². The molecular formula is C14H18O7. The number of esters is 2.